The molecule has 1 aromatic carbocycles. The summed E-state index contributed by atoms with van der Waals surface area (Å²) in [5.74, 6) is 3.77. The summed E-state index contributed by atoms with van der Waals surface area (Å²) in [6, 6.07) is 9.26. The Kier molecular flexibility index (Phi) is 4.19. The number of hydrogen-bond donors (Lipinski definition) is 1. The molecule has 1 fully saturated rings. The Morgan fingerprint density at radius 2 is 2.00 bits per heavy atom. The first-order chi connectivity index (χ1) is 9.16. The summed E-state index contributed by atoms with van der Waals surface area (Å²) >= 11 is 0. The SMILES string of the molecule is O=C(O)[C@@H]1CCCN(C(=O)C#Cc2ccccc2)C1. The van der Waals surface area contributed by atoms with E-state index in [2.05, 4.69) is 11.8 Å². The highest BCUT2D eigenvalue weighted by Gasteiger charge is 2.27. The lowest BCUT2D eigenvalue weighted by molar-refractivity contribution is -0.144. The number of amides is 1. The molecule has 1 aromatic rings. The lowest BCUT2D eigenvalue weighted by atomic mass is 9.98. The van der Waals surface area contributed by atoms with E-state index in [1.54, 1.807) is 0 Å². The zero-order valence-corrected chi connectivity index (χ0v) is 10.5. The number of benzene rings is 1. The third kappa shape index (κ3) is 3.59. The third-order valence-corrected chi connectivity index (χ3v) is 3.15. The van der Waals surface area contributed by atoms with E-state index in [1.807, 2.05) is 30.3 Å². The van der Waals surface area contributed by atoms with E-state index in [0.717, 1.165) is 12.0 Å². The van der Waals surface area contributed by atoms with Crippen LogP contribution in [0.5, 0.6) is 0 Å². The van der Waals surface area contributed by atoms with Crippen LogP contribution in [0.25, 0.3) is 0 Å². The predicted octanol–water partition coefficient (Wildman–Crippen LogP) is 1.36. The number of piperidine rings is 1. The number of aliphatic carboxylic acids is 1. The minimum atomic E-state index is -0.839. The van der Waals surface area contributed by atoms with Gasteiger partial charge in [-0.2, -0.15) is 0 Å². The Morgan fingerprint density at radius 1 is 1.26 bits per heavy atom. The van der Waals surface area contributed by atoms with E-state index < -0.39 is 11.9 Å². The number of carboxylic acids is 1. The molecule has 2 rings (SSSR count). The van der Waals surface area contributed by atoms with Gasteiger partial charge in [0.05, 0.1) is 5.92 Å². The fourth-order valence-electron chi connectivity index (χ4n) is 2.09. The Morgan fingerprint density at radius 3 is 2.68 bits per heavy atom. The van der Waals surface area contributed by atoms with Crippen LogP contribution in [-0.2, 0) is 9.59 Å². The fourth-order valence-corrected chi connectivity index (χ4v) is 2.09. The molecule has 0 radical (unpaired) electrons. The molecule has 0 spiro atoms. The van der Waals surface area contributed by atoms with Gasteiger partial charge in [0.2, 0.25) is 0 Å². The number of carbonyl (C=O) groups excluding carboxylic acids is 1. The molecule has 0 bridgehead atoms. The Hall–Kier alpha value is -2.28. The molecule has 1 aliphatic heterocycles. The molecule has 4 nitrogen and oxygen atoms in total. The lowest BCUT2D eigenvalue weighted by Crippen LogP contribution is -2.41. The number of likely N-dealkylation sites (tertiary alicyclic amines) is 1. The van der Waals surface area contributed by atoms with Crippen molar-refractivity contribution < 1.29 is 14.7 Å². The minimum absolute atomic E-state index is 0.262. The zero-order chi connectivity index (χ0) is 13.7. The van der Waals surface area contributed by atoms with Crippen LogP contribution in [0.3, 0.4) is 0 Å². The van der Waals surface area contributed by atoms with Gasteiger partial charge in [0.1, 0.15) is 0 Å². The maximum absolute atomic E-state index is 11.9. The molecule has 98 valence electrons. The van der Waals surface area contributed by atoms with E-state index in [-0.39, 0.29) is 12.5 Å². The quantitative estimate of drug-likeness (QED) is 0.773. The van der Waals surface area contributed by atoms with Gasteiger partial charge in [-0.15, -0.1) is 0 Å². The smallest absolute Gasteiger partial charge is 0.308 e. The average Bonchev–Trinajstić information content (AvgIpc) is 2.46. The average molecular weight is 257 g/mol. The minimum Gasteiger partial charge on any atom is -0.481 e. The summed E-state index contributed by atoms with van der Waals surface area (Å²) in [7, 11) is 0. The number of carboxylic acid groups (broad SMARTS) is 1. The predicted molar refractivity (Wildman–Crippen MR) is 70.3 cm³/mol. The van der Waals surface area contributed by atoms with Crippen molar-refractivity contribution in [3.8, 4) is 11.8 Å². The normalized spacial score (nSPS) is 18.3. The molecule has 19 heavy (non-hydrogen) atoms. The topological polar surface area (TPSA) is 57.6 Å². The standard InChI is InChI=1S/C15H15NO3/c17-14(9-8-12-5-2-1-3-6-12)16-10-4-7-13(11-16)15(18)19/h1-3,5-6,13H,4,7,10-11H2,(H,18,19)/t13-/m1/s1. The van der Waals surface area contributed by atoms with Crippen LogP contribution in [0.15, 0.2) is 30.3 Å². The molecule has 0 saturated carbocycles. The molecule has 1 atom stereocenters. The van der Waals surface area contributed by atoms with Gasteiger partial charge in [0.15, 0.2) is 0 Å². The van der Waals surface area contributed by atoms with Crippen molar-refractivity contribution in [1.82, 2.24) is 4.90 Å². The molecular weight excluding hydrogens is 242 g/mol. The first-order valence-corrected chi connectivity index (χ1v) is 6.25. The van der Waals surface area contributed by atoms with Crippen LogP contribution in [0.2, 0.25) is 0 Å². The second-order valence-corrected chi connectivity index (χ2v) is 4.54. The summed E-state index contributed by atoms with van der Waals surface area (Å²) in [6.45, 7) is 0.851. The second kappa shape index (κ2) is 6.05. The van der Waals surface area contributed by atoms with Crippen LogP contribution in [0.1, 0.15) is 18.4 Å². The van der Waals surface area contributed by atoms with Crippen molar-refractivity contribution in [2.75, 3.05) is 13.1 Å². The number of carbonyl (C=O) groups is 2. The second-order valence-electron chi connectivity index (χ2n) is 4.54. The number of hydrogen-bond acceptors (Lipinski definition) is 2. The van der Waals surface area contributed by atoms with Gasteiger partial charge in [-0.05, 0) is 25.0 Å². The summed E-state index contributed by atoms with van der Waals surface area (Å²) in [6.07, 6.45) is 1.35. The van der Waals surface area contributed by atoms with Crippen LogP contribution in [0, 0.1) is 17.8 Å². The molecule has 1 amide bonds. The number of nitrogens with zero attached hydrogens (tertiary/aromatic N) is 1. The van der Waals surface area contributed by atoms with E-state index in [0.29, 0.717) is 13.0 Å². The molecule has 4 heteroatoms. The van der Waals surface area contributed by atoms with Crippen molar-refractivity contribution in [1.29, 1.82) is 0 Å². The fraction of sp³-hybridized carbons (Fsp3) is 0.333. The van der Waals surface area contributed by atoms with Crippen molar-refractivity contribution in [2.24, 2.45) is 5.92 Å². The van der Waals surface area contributed by atoms with E-state index in [9.17, 15) is 9.59 Å². The first kappa shape index (κ1) is 13.2. The van der Waals surface area contributed by atoms with Crippen molar-refractivity contribution >= 4 is 11.9 Å². The summed E-state index contributed by atoms with van der Waals surface area (Å²) < 4.78 is 0. The van der Waals surface area contributed by atoms with E-state index in [1.165, 1.54) is 4.90 Å². The molecular formula is C15H15NO3. The summed E-state index contributed by atoms with van der Waals surface area (Å²) in [5, 5.41) is 8.97. The molecule has 0 aliphatic carbocycles. The zero-order valence-electron chi connectivity index (χ0n) is 10.5. The maximum Gasteiger partial charge on any atom is 0.308 e. The molecule has 0 unspecified atom stereocenters. The first-order valence-electron chi connectivity index (χ1n) is 6.25. The summed E-state index contributed by atoms with van der Waals surface area (Å²) in [5.41, 5.74) is 0.780. The van der Waals surface area contributed by atoms with Crippen molar-refractivity contribution in [3.05, 3.63) is 35.9 Å². The van der Waals surface area contributed by atoms with Crippen LogP contribution in [0.4, 0.5) is 0 Å². The number of rotatable bonds is 1. The van der Waals surface area contributed by atoms with Gasteiger partial charge in [0, 0.05) is 24.6 Å². The van der Waals surface area contributed by atoms with E-state index in [4.69, 9.17) is 5.11 Å². The van der Waals surface area contributed by atoms with Crippen LogP contribution in [-0.4, -0.2) is 35.0 Å². The van der Waals surface area contributed by atoms with Crippen LogP contribution < -0.4 is 0 Å². The van der Waals surface area contributed by atoms with Gasteiger partial charge in [-0.3, -0.25) is 9.59 Å². The van der Waals surface area contributed by atoms with Gasteiger partial charge < -0.3 is 10.0 Å². The van der Waals surface area contributed by atoms with E-state index >= 15 is 0 Å². The van der Waals surface area contributed by atoms with Crippen LogP contribution >= 0.6 is 0 Å². The van der Waals surface area contributed by atoms with Gasteiger partial charge in [0.25, 0.3) is 5.91 Å². The highest BCUT2D eigenvalue weighted by molar-refractivity contribution is 5.94. The van der Waals surface area contributed by atoms with Gasteiger partial charge in [-0.1, -0.05) is 24.1 Å². The molecule has 1 aliphatic rings. The van der Waals surface area contributed by atoms with Gasteiger partial charge in [-0.25, -0.2) is 0 Å². The highest BCUT2D eigenvalue weighted by atomic mass is 16.4. The monoisotopic (exact) mass is 257 g/mol. The third-order valence-electron chi connectivity index (χ3n) is 3.15. The highest BCUT2D eigenvalue weighted by Crippen LogP contribution is 2.16. The molecule has 1 saturated heterocycles. The van der Waals surface area contributed by atoms with Crippen molar-refractivity contribution in [2.45, 2.75) is 12.8 Å². The Labute approximate surface area is 112 Å². The molecule has 0 aromatic heterocycles. The Balaban J connectivity index is 2.00. The molecule has 1 N–H and O–H groups in total. The largest absolute Gasteiger partial charge is 0.481 e. The lowest BCUT2D eigenvalue weighted by Gasteiger charge is -2.28. The molecule has 1 heterocycles. The summed E-state index contributed by atoms with van der Waals surface area (Å²) in [4.78, 5) is 24.4. The van der Waals surface area contributed by atoms with Gasteiger partial charge >= 0.3 is 5.97 Å². The van der Waals surface area contributed by atoms with Crippen molar-refractivity contribution in [3.63, 3.8) is 0 Å². The maximum atomic E-state index is 11.9. The Bertz CT molecular complexity index is 527.